The van der Waals surface area contributed by atoms with Crippen molar-refractivity contribution >= 4 is 0 Å². The summed E-state index contributed by atoms with van der Waals surface area (Å²) in [4.78, 5) is 4.49. The zero-order chi connectivity index (χ0) is 11.4. The highest BCUT2D eigenvalue weighted by Gasteiger charge is 2.14. The number of hydrogen-bond donors (Lipinski definition) is 1. The molecule has 1 aromatic rings. The number of nitrogens with one attached hydrogen (secondary N) is 1. The molecule has 1 aliphatic heterocycles. The van der Waals surface area contributed by atoms with Crippen LogP contribution in [0.4, 0.5) is 0 Å². The average Bonchev–Trinajstić information content (AvgIpc) is 2.30. The predicted molar refractivity (Wildman–Crippen MR) is 67.6 cm³/mol. The van der Waals surface area contributed by atoms with E-state index < -0.39 is 0 Å². The SMILES string of the molecule is CC(C)c1ccnc(CC2CCCNC2)c1. The Morgan fingerprint density at radius 2 is 2.38 bits per heavy atom. The van der Waals surface area contributed by atoms with Crippen LogP contribution in [0.25, 0.3) is 0 Å². The van der Waals surface area contributed by atoms with Crippen molar-refractivity contribution in [1.82, 2.24) is 10.3 Å². The first kappa shape index (κ1) is 11.6. The quantitative estimate of drug-likeness (QED) is 0.844. The first-order chi connectivity index (χ1) is 7.75. The highest BCUT2D eigenvalue weighted by Crippen LogP contribution is 2.18. The number of rotatable bonds is 3. The average molecular weight is 218 g/mol. The molecule has 0 aromatic carbocycles. The summed E-state index contributed by atoms with van der Waals surface area (Å²) in [7, 11) is 0. The van der Waals surface area contributed by atoms with Crippen LogP contribution >= 0.6 is 0 Å². The number of hydrogen-bond acceptors (Lipinski definition) is 2. The molecule has 1 unspecified atom stereocenters. The minimum Gasteiger partial charge on any atom is -0.316 e. The Bertz CT molecular complexity index is 327. The number of pyridine rings is 1. The van der Waals surface area contributed by atoms with E-state index in [1.165, 1.54) is 30.6 Å². The third-order valence-corrected chi connectivity index (χ3v) is 3.40. The van der Waals surface area contributed by atoms with E-state index in [1.807, 2.05) is 6.20 Å². The number of nitrogens with zero attached hydrogens (tertiary/aromatic N) is 1. The molecule has 2 heterocycles. The molecule has 0 amide bonds. The summed E-state index contributed by atoms with van der Waals surface area (Å²) in [6.07, 6.45) is 5.75. The smallest absolute Gasteiger partial charge is 0.0409 e. The normalized spacial score (nSPS) is 21.3. The molecule has 2 nitrogen and oxygen atoms in total. The maximum Gasteiger partial charge on any atom is 0.0409 e. The molecular formula is C14H22N2. The molecule has 0 saturated carbocycles. The Morgan fingerprint density at radius 3 is 3.06 bits per heavy atom. The molecular weight excluding hydrogens is 196 g/mol. The molecule has 0 radical (unpaired) electrons. The lowest BCUT2D eigenvalue weighted by atomic mass is 9.93. The topological polar surface area (TPSA) is 24.9 Å². The molecule has 2 rings (SSSR count). The van der Waals surface area contributed by atoms with E-state index in [0.29, 0.717) is 5.92 Å². The van der Waals surface area contributed by atoms with Crippen molar-refractivity contribution in [3.8, 4) is 0 Å². The van der Waals surface area contributed by atoms with Gasteiger partial charge in [0.2, 0.25) is 0 Å². The van der Waals surface area contributed by atoms with Crippen molar-refractivity contribution in [1.29, 1.82) is 0 Å². The van der Waals surface area contributed by atoms with Crippen LogP contribution in [-0.2, 0) is 6.42 Å². The summed E-state index contributed by atoms with van der Waals surface area (Å²) in [5.41, 5.74) is 2.67. The summed E-state index contributed by atoms with van der Waals surface area (Å²) in [5, 5.41) is 3.46. The van der Waals surface area contributed by atoms with Crippen molar-refractivity contribution in [3.05, 3.63) is 29.6 Å². The van der Waals surface area contributed by atoms with Gasteiger partial charge < -0.3 is 5.32 Å². The first-order valence-corrected chi connectivity index (χ1v) is 6.41. The van der Waals surface area contributed by atoms with Gasteiger partial charge in [0.25, 0.3) is 0 Å². The molecule has 2 heteroatoms. The van der Waals surface area contributed by atoms with Crippen molar-refractivity contribution in [2.75, 3.05) is 13.1 Å². The maximum atomic E-state index is 4.49. The van der Waals surface area contributed by atoms with E-state index >= 15 is 0 Å². The van der Waals surface area contributed by atoms with E-state index in [1.54, 1.807) is 0 Å². The zero-order valence-electron chi connectivity index (χ0n) is 10.4. The molecule has 88 valence electrons. The van der Waals surface area contributed by atoms with Crippen molar-refractivity contribution in [2.24, 2.45) is 5.92 Å². The van der Waals surface area contributed by atoms with E-state index in [4.69, 9.17) is 0 Å². The van der Waals surface area contributed by atoms with Gasteiger partial charge in [-0.1, -0.05) is 13.8 Å². The maximum absolute atomic E-state index is 4.49. The Morgan fingerprint density at radius 1 is 1.50 bits per heavy atom. The summed E-state index contributed by atoms with van der Waals surface area (Å²) in [5.74, 6) is 1.38. The van der Waals surface area contributed by atoms with Gasteiger partial charge in [-0.2, -0.15) is 0 Å². The second kappa shape index (κ2) is 5.44. The van der Waals surface area contributed by atoms with Gasteiger partial charge in [0.05, 0.1) is 0 Å². The van der Waals surface area contributed by atoms with Crippen molar-refractivity contribution in [2.45, 2.75) is 39.0 Å². The van der Waals surface area contributed by atoms with Gasteiger partial charge in [-0.15, -0.1) is 0 Å². The molecule has 1 fully saturated rings. The number of aromatic nitrogens is 1. The van der Waals surface area contributed by atoms with Crippen LogP contribution in [0, 0.1) is 5.92 Å². The van der Waals surface area contributed by atoms with E-state index in [2.05, 4.69) is 36.3 Å². The molecule has 1 N–H and O–H groups in total. The van der Waals surface area contributed by atoms with Crippen LogP contribution < -0.4 is 5.32 Å². The molecule has 1 atom stereocenters. The fourth-order valence-electron chi connectivity index (χ4n) is 2.36. The summed E-state index contributed by atoms with van der Waals surface area (Å²) in [6.45, 7) is 6.83. The predicted octanol–water partition coefficient (Wildman–Crippen LogP) is 2.75. The lowest BCUT2D eigenvalue weighted by molar-refractivity contribution is 0.373. The van der Waals surface area contributed by atoms with E-state index in [9.17, 15) is 0 Å². The minimum atomic E-state index is 0.603. The molecule has 1 aromatic heterocycles. The standard InChI is InChI=1S/C14H22N2/c1-11(2)13-5-7-16-14(9-13)8-12-4-3-6-15-10-12/h5,7,9,11-12,15H,3-4,6,8,10H2,1-2H3. The molecule has 1 aliphatic rings. The van der Waals surface area contributed by atoms with Gasteiger partial charge in [0.1, 0.15) is 0 Å². The third kappa shape index (κ3) is 3.05. The number of piperidine rings is 1. The second-order valence-corrected chi connectivity index (χ2v) is 5.15. The molecule has 0 bridgehead atoms. The Hall–Kier alpha value is -0.890. The second-order valence-electron chi connectivity index (χ2n) is 5.15. The van der Waals surface area contributed by atoms with Crippen LogP contribution in [-0.4, -0.2) is 18.1 Å². The van der Waals surface area contributed by atoms with Gasteiger partial charge in [0.15, 0.2) is 0 Å². The van der Waals surface area contributed by atoms with Crippen molar-refractivity contribution in [3.63, 3.8) is 0 Å². The van der Waals surface area contributed by atoms with Crippen molar-refractivity contribution < 1.29 is 0 Å². The highest BCUT2D eigenvalue weighted by molar-refractivity contribution is 5.19. The monoisotopic (exact) mass is 218 g/mol. The van der Waals surface area contributed by atoms with Gasteiger partial charge in [-0.05, 0) is 61.9 Å². The van der Waals surface area contributed by atoms with E-state index in [0.717, 1.165) is 18.9 Å². The van der Waals surface area contributed by atoms with Gasteiger partial charge in [-0.25, -0.2) is 0 Å². The Kier molecular flexibility index (Phi) is 3.94. The van der Waals surface area contributed by atoms with Gasteiger partial charge >= 0.3 is 0 Å². The zero-order valence-corrected chi connectivity index (χ0v) is 10.4. The van der Waals surface area contributed by atoms with Crippen LogP contribution in [0.1, 0.15) is 43.9 Å². The third-order valence-electron chi connectivity index (χ3n) is 3.40. The van der Waals surface area contributed by atoms with Crippen LogP contribution in [0.2, 0.25) is 0 Å². The summed E-state index contributed by atoms with van der Waals surface area (Å²) in [6, 6.07) is 4.41. The van der Waals surface area contributed by atoms with Crippen LogP contribution in [0.5, 0.6) is 0 Å². The molecule has 1 saturated heterocycles. The molecule has 16 heavy (non-hydrogen) atoms. The lowest BCUT2D eigenvalue weighted by Crippen LogP contribution is -2.31. The Labute approximate surface area is 98.5 Å². The molecule has 0 aliphatic carbocycles. The fourth-order valence-corrected chi connectivity index (χ4v) is 2.36. The highest BCUT2D eigenvalue weighted by atomic mass is 14.9. The van der Waals surface area contributed by atoms with Gasteiger partial charge in [-0.3, -0.25) is 4.98 Å². The largest absolute Gasteiger partial charge is 0.316 e. The summed E-state index contributed by atoms with van der Waals surface area (Å²) >= 11 is 0. The fraction of sp³-hybridized carbons (Fsp3) is 0.643. The van der Waals surface area contributed by atoms with E-state index in [-0.39, 0.29) is 0 Å². The van der Waals surface area contributed by atoms with Gasteiger partial charge in [0, 0.05) is 11.9 Å². The lowest BCUT2D eigenvalue weighted by Gasteiger charge is -2.22. The Balaban J connectivity index is 2.00. The van der Waals surface area contributed by atoms with Crippen LogP contribution in [0.15, 0.2) is 18.3 Å². The first-order valence-electron chi connectivity index (χ1n) is 6.41. The summed E-state index contributed by atoms with van der Waals surface area (Å²) < 4.78 is 0. The minimum absolute atomic E-state index is 0.603. The molecule has 0 spiro atoms. The van der Waals surface area contributed by atoms with Crippen LogP contribution in [0.3, 0.4) is 0 Å².